The van der Waals surface area contributed by atoms with E-state index in [1.54, 1.807) is 0 Å². The van der Waals surface area contributed by atoms with Crippen molar-refractivity contribution in [3.63, 3.8) is 0 Å². The molecule has 0 aliphatic heterocycles. The molecule has 0 heterocycles. The van der Waals surface area contributed by atoms with Crippen LogP contribution in [0.15, 0.2) is 48.5 Å². The maximum Gasteiger partial charge on any atom is 0.0341 e. The van der Waals surface area contributed by atoms with Gasteiger partial charge >= 0.3 is 0 Å². The SMILES string of the molecule is CCCCC(CC)(CCCNc1ccc(N)cc1)CNc1ccc(N)cc1. The molecule has 0 radical (unpaired) electrons. The van der Waals surface area contributed by atoms with Crippen LogP contribution < -0.4 is 22.1 Å². The summed E-state index contributed by atoms with van der Waals surface area (Å²) in [4.78, 5) is 0. The zero-order valence-electron chi connectivity index (χ0n) is 16.9. The number of nitrogens with two attached hydrogens (primary N) is 2. The molecule has 4 heteroatoms. The van der Waals surface area contributed by atoms with Gasteiger partial charge < -0.3 is 22.1 Å². The van der Waals surface area contributed by atoms with E-state index in [1.807, 2.05) is 36.4 Å². The van der Waals surface area contributed by atoms with E-state index < -0.39 is 0 Å². The number of unbranched alkanes of at least 4 members (excludes halogenated alkanes) is 1. The van der Waals surface area contributed by atoms with E-state index in [2.05, 4.69) is 36.6 Å². The normalized spacial score (nSPS) is 13.1. The maximum atomic E-state index is 5.80. The van der Waals surface area contributed by atoms with Crippen LogP contribution in [0.1, 0.15) is 52.4 Å². The van der Waals surface area contributed by atoms with E-state index in [4.69, 9.17) is 11.5 Å². The van der Waals surface area contributed by atoms with Crippen LogP contribution in [0.5, 0.6) is 0 Å². The summed E-state index contributed by atoms with van der Waals surface area (Å²) in [5, 5.41) is 7.16. The zero-order valence-corrected chi connectivity index (χ0v) is 16.9. The van der Waals surface area contributed by atoms with Gasteiger partial charge in [-0.1, -0.05) is 26.7 Å². The van der Waals surface area contributed by atoms with Crippen LogP contribution in [-0.4, -0.2) is 13.1 Å². The second-order valence-electron chi connectivity index (χ2n) is 7.59. The lowest BCUT2D eigenvalue weighted by molar-refractivity contribution is 0.236. The summed E-state index contributed by atoms with van der Waals surface area (Å²) in [5.41, 5.74) is 15.8. The first-order valence-corrected chi connectivity index (χ1v) is 10.3. The lowest BCUT2D eigenvalue weighted by Gasteiger charge is -2.34. The summed E-state index contributed by atoms with van der Waals surface area (Å²) < 4.78 is 0. The van der Waals surface area contributed by atoms with Crippen molar-refractivity contribution in [1.29, 1.82) is 0 Å². The summed E-state index contributed by atoms with van der Waals surface area (Å²) in [6.07, 6.45) is 7.36. The van der Waals surface area contributed by atoms with Crippen molar-refractivity contribution in [2.75, 3.05) is 35.2 Å². The number of anilines is 4. The molecule has 6 N–H and O–H groups in total. The third-order valence-corrected chi connectivity index (χ3v) is 5.51. The van der Waals surface area contributed by atoms with E-state index in [0.717, 1.165) is 42.3 Å². The molecule has 0 aliphatic rings. The van der Waals surface area contributed by atoms with Gasteiger partial charge in [0, 0.05) is 35.8 Å². The van der Waals surface area contributed by atoms with Crippen molar-refractivity contribution >= 4 is 22.7 Å². The van der Waals surface area contributed by atoms with Crippen molar-refractivity contribution in [2.24, 2.45) is 5.41 Å². The van der Waals surface area contributed by atoms with E-state index in [1.165, 1.54) is 32.1 Å². The fraction of sp³-hybridized carbons (Fsp3) is 0.478. The Morgan fingerprint density at radius 3 is 1.78 bits per heavy atom. The van der Waals surface area contributed by atoms with Crippen LogP contribution >= 0.6 is 0 Å². The van der Waals surface area contributed by atoms with Gasteiger partial charge in [-0.2, -0.15) is 0 Å². The molecule has 0 amide bonds. The third-order valence-electron chi connectivity index (χ3n) is 5.51. The van der Waals surface area contributed by atoms with Crippen molar-refractivity contribution < 1.29 is 0 Å². The van der Waals surface area contributed by atoms with E-state index >= 15 is 0 Å². The van der Waals surface area contributed by atoms with Gasteiger partial charge in [0.2, 0.25) is 0 Å². The molecule has 0 saturated carbocycles. The smallest absolute Gasteiger partial charge is 0.0341 e. The van der Waals surface area contributed by atoms with Crippen LogP contribution in [0.3, 0.4) is 0 Å². The average molecular weight is 369 g/mol. The molecule has 2 rings (SSSR count). The highest BCUT2D eigenvalue weighted by Gasteiger charge is 2.26. The monoisotopic (exact) mass is 368 g/mol. The largest absolute Gasteiger partial charge is 0.399 e. The first-order valence-electron chi connectivity index (χ1n) is 10.3. The Hall–Kier alpha value is -2.36. The maximum absolute atomic E-state index is 5.80. The Labute approximate surface area is 164 Å². The van der Waals surface area contributed by atoms with Gasteiger partial charge in [-0.05, 0) is 79.6 Å². The predicted molar refractivity (Wildman–Crippen MR) is 120 cm³/mol. The Kier molecular flexibility index (Phi) is 8.31. The Morgan fingerprint density at radius 1 is 0.741 bits per heavy atom. The van der Waals surface area contributed by atoms with Gasteiger partial charge in [-0.3, -0.25) is 0 Å². The number of nitrogen functional groups attached to an aromatic ring is 2. The molecule has 0 aromatic heterocycles. The minimum absolute atomic E-state index is 0.334. The van der Waals surface area contributed by atoms with Crippen LogP contribution in [-0.2, 0) is 0 Å². The van der Waals surface area contributed by atoms with E-state index in [0.29, 0.717) is 5.41 Å². The topological polar surface area (TPSA) is 76.1 Å². The highest BCUT2D eigenvalue weighted by Crippen LogP contribution is 2.34. The number of rotatable bonds is 12. The standard InChI is InChI=1S/C23H36N4/c1-3-5-15-23(4-2,18-27-22-13-9-20(25)10-14-22)16-6-17-26-21-11-7-19(24)8-12-21/h7-14,26-27H,3-6,15-18,24-25H2,1-2H3. The molecule has 0 bridgehead atoms. The van der Waals surface area contributed by atoms with E-state index in [9.17, 15) is 0 Å². The van der Waals surface area contributed by atoms with Gasteiger partial charge in [0.25, 0.3) is 0 Å². The molecule has 2 aromatic rings. The minimum Gasteiger partial charge on any atom is -0.399 e. The molecule has 148 valence electrons. The van der Waals surface area contributed by atoms with Crippen molar-refractivity contribution in [1.82, 2.24) is 0 Å². The molecular weight excluding hydrogens is 332 g/mol. The Morgan fingerprint density at radius 2 is 1.26 bits per heavy atom. The van der Waals surface area contributed by atoms with Crippen molar-refractivity contribution in [3.05, 3.63) is 48.5 Å². The number of benzene rings is 2. The summed E-state index contributed by atoms with van der Waals surface area (Å²) in [5.74, 6) is 0. The van der Waals surface area contributed by atoms with Gasteiger partial charge in [-0.15, -0.1) is 0 Å². The molecule has 4 nitrogen and oxygen atoms in total. The van der Waals surface area contributed by atoms with Gasteiger partial charge in [-0.25, -0.2) is 0 Å². The average Bonchev–Trinajstić information content (AvgIpc) is 2.69. The van der Waals surface area contributed by atoms with E-state index in [-0.39, 0.29) is 0 Å². The molecule has 1 unspecified atom stereocenters. The second-order valence-corrected chi connectivity index (χ2v) is 7.59. The summed E-state index contributed by atoms with van der Waals surface area (Å²) in [6.45, 7) is 6.60. The Balaban J connectivity index is 1.88. The number of hydrogen-bond donors (Lipinski definition) is 4. The number of hydrogen-bond acceptors (Lipinski definition) is 4. The lowest BCUT2D eigenvalue weighted by Crippen LogP contribution is -2.30. The van der Waals surface area contributed by atoms with Gasteiger partial charge in [0.05, 0.1) is 0 Å². The summed E-state index contributed by atoms with van der Waals surface area (Å²) in [7, 11) is 0. The fourth-order valence-corrected chi connectivity index (χ4v) is 3.52. The first-order chi connectivity index (χ1) is 13.1. The molecular formula is C23H36N4. The third kappa shape index (κ3) is 7.05. The molecule has 0 spiro atoms. The van der Waals surface area contributed by atoms with Crippen LogP contribution in [0.25, 0.3) is 0 Å². The highest BCUT2D eigenvalue weighted by atomic mass is 14.9. The molecule has 0 aliphatic carbocycles. The lowest BCUT2D eigenvalue weighted by atomic mass is 9.76. The molecule has 2 aromatic carbocycles. The van der Waals surface area contributed by atoms with Crippen molar-refractivity contribution in [3.8, 4) is 0 Å². The summed E-state index contributed by atoms with van der Waals surface area (Å²) in [6, 6.07) is 16.0. The Bertz CT molecular complexity index is 651. The summed E-state index contributed by atoms with van der Waals surface area (Å²) >= 11 is 0. The predicted octanol–water partition coefficient (Wildman–Crippen LogP) is 5.74. The van der Waals surface area contributed by atoms with Crippen LogP contribution in [0.4, 0.5) is 22.7 Å². The zero-order chi connectivity index (χ0) is 19.5. The van der Waals surface area contributed by atoms with Gasteiger partial charge in [0.1, 0.15) is 0 Å². The fourth-order valence-electron chi connectivity index (χ4n) is 3.52. The van der Waals surface area contributed by atoms with Crippen LogP contribution in [0, 0.1) is 5.41 Å². The first kappa shape index (κ1) is 20.9. The highest BCUT2D eigenvalue weighted by molar-refractivity contribution is 5.52. The molecule has 0 saturated heterocycles. The molecule has 27 heavy (non-hydrogen) atoms. The van der Waals surface area contributed by atoms with Gasteiger partial charge in [0.15, 0.2) is 0 Å². The molecule has 0 fully saturated rings. The molecule has 1 atom stereocenters. The minimum atomic E-state index is 0.334. The van der Waals surface area contributed by atoms with Crippen molar-refractivity contribution in [2.45, 2.75) is 52.4 Å². The van der Waals surface area contributed by atoms with Crippen LogP contribution in [0.2, 0.25) is 0 Å². The quantitative estimate of drug-likeness (QED) is 0.284. The number of nitrogens with one attached hydrogen (secondary N) is 2. The second kappa shape index (κ2) is 10.7.